The average molecular weight is 234 g/mol. The molecule has 2 aromatic rings. The van der Waals surface area contributed by atoms with Crippen molar-refractivity contribution >= 4 is 22.8 Å². The van der Waals surface area contributed by atoms with Crippen LogP contribution in [0.15, 0.2) is 12.4 Å². The van der Waals surface area contributed by atoms with Crippen molar-refractivity contribution < 1.29 is 9.53 Å². The molecule has 0 N–H and O–H groups in total. The number of rotatable bonds is 2. The third kappa shape index (κ3) is 1.71. The molecule has 0 amide bonds. The maximum Gasteiger partial charge on any atom is 0.354 e. The van der Waals surface area contributed by atoms with Gasteiger partial charge in [0.15, 0.2) is 0 Å². The van der Waals surface area contributed by atoms with Crippen LogP contribution in [0.25, 0.3) is 11.0 Å². The molecule has 0 radical (unpaired) electrons. The molecule has 0 fully saturated rings. The zero-order chi connectivity index (χ0) is 12.6. The Morgan fingerprint density at radius 1 is 1.41 bits per heavy atom. The van der Waals surface area contributed by atoms with Crippen LogP contribution in [0.3, 0.4) is 0 Å². The topological polar surface area (TPSA) is 60.2 Å². The van der Waals surface area contributed by atoms with Gasteiger partial charge in [0.05, 0.1) is 12.5 Å². The van der Waals surface area contributed by atoms with Gasteiger partial charge in [0, 0.05) is 21.1 Å². The highest BCUT2D eigenvalue weighted by Crippen LogP contribution is 2.24. The van der Waals surface area contributed by atoms with Gasteiger partial charge in [-0.15, -0.1) is 0 Å². The Morgan fingerprint density at radius 2 is 2.12 bits per heavy atom. The predicted molar refractivity (Wildman–Crippen MR) is 64.2 cm³/mol. The number of hydrogen-bond acceptors (Lipinski definition) is 5. The Hall–Kier alpha value is -2.11. The van der Waals surface area contributed by atoms with Gasteiger partial charge in [-0.2, -0.15) is 0 Å². The van der Waals surface area contributed by atoms with E-state index >= 15 is 0 Å². The SMILES string of the molecule is COC(=O)c1cc2c(N(C)C)ncnc2n1C. The van der Waals surface area contributed by atoms with E-state index in [-0.39, 0.29) is 5.97 Å². The van der Waals surface area contributed by atoms with Crippen LogP contribution in [0.5, 0.6) is 0 Å². The molecule has 2 rings (SSSR count). The van der Waals surface area contributed by atoms with Gasteiger partial charge in [0.2, 0.25) is 0 Å². The summed E-state index contributed by atoms with van der Waals surface area (Å²) in [6.07, 6.45) is 1.48. The van der Waals surface area contributed by atoms with Gasteiger partial charge in [-0.05, 0) is 6.07 Å². The molecule has 0 aliphatic rings. The molecule has 0 saturated carbocycles. The third-order valence-electron chi connectivity index (χ3n) is 2.62. The van der Waals surface area contributed by atoms with Crippen LogP contribution >= 0.6 is 0 Å². The Morgan fingerprint density at radius 3 is 2.71 bits per heavy atom. The molecule has 2 heterocycles. The quantitative estimate of drug-likeness (QED) is 0.720. The zero-order valence-corrected chi connectivity index (χ0v) is 10.3. The first-order valence-electron chi connectivity index (χ1n) is 5.12. The van der Waals surface area contributed by atoms with E-state index in [0.717, 1.165) is 11.2 Å². The van der Waals surface area contributed by atoms with Gasteiger partial charge in [-0.25, -0.2) is 14.8 Å². The highest BCUT2D eigenvalue weighted by Gasteiger charge is 2.17. The number of aromatic nitrogens is 3. The Balaban J connectivity index is 2.73. The summed E-state index contributed by atoms with van der Waals surface area (Å²) < 4.78 is 6.43. The van der Waals surface area contributed by atoms with E-state index in [1.165, 1.54) is 13.4 Å². The average Bonchev–Trinajstić information content (AvgIpc) is 2.66. The normalized spacial score (nSPS) is 10.6. The second-order valence-electron chi connectivity index (χ2n) is 3.91. The predicted octanol–water partition coefficient (Wildman–Crippen LogP) is 0.821. The molecule has 0 bridgehead atoms. The maximum atomic E-state index is 11.6. The summed E-state index contributed by atoms with van der Waals surface area (Å²) in [5.41, 5.74) is 1.18. The number of nitrogens with zero attached hydrogens (tertiary/aromatic N) is 4. The van der Waals surface area contributed by atoms with Crippen molar-refractivity contribution in [3.8, 4) is 0 Å². The fourth-order valence-corrected chi connectivity index (χ4v) is 1.78. The molecule has 0 unspecified atom stereocenters. The van der Waals surface area contributed by atoms with Crippen molar-refractivity contribution in [3.05, 3.63) is 18.1 Å². The number of fused-ring (bicyclic) bond motifs is 1. The lowest BCUT2D eigenvalue weighted by Crippen LogP contribution is -2.11. The number of anilines is 1. The zero-order valence-electron chi connectivity index (χ0n) is 10.3. The second-order valence-corrected chi connectivity index (χ2v) is 3.91. The van der Waals surface area contributed by atoms with E-state index in [4.69, 9.17) is 4.74 Å². The minimum absolute atomic E-state index is 0.379. The summed E-state index contributed by atoms with van der Waals surface area (Å²) >= 11 is 0. The number of esters is 1. The molecule has 0 aliphatic carbocycles. The van der Waals surface area contributed by atoms with Crippen molar-refractivity contribution in [1.29, 1.82) is 0 Å². The smallest absolute Gasteiger partial charge is 0.354 e. The summed E-state index contributed by atoms with van der Waals surface area (Å²) in [5.74, 6) is 0.399. The van der Waals surface area contributed by atoms with Gasteiger partial charge in [-0.1, -0.05) is 0 Å². The molecule has 0 aliphatic heterocycles. The van der Waals surface area contributed by atoms with Crippen LogP contribution in [0, 0.1) is 0 Å². The molecule has 6 nitrogen and oxygen atoms in total. The van der Waals surface area contributed by atoms with Crippen molar-refractivity contribution in [2.24, 2.45) is 7.05 Å². The van der Waals surface area contributed by atoms with Crippen LogP contribution < -0.4 is 4.90 Å². The molecule has 0 aromatic carbocycles. The van der Waals surface area contributed by atoms with Gasteiger partial charge >= 0.3 is 5.97 Å². The summed E-state index contributed by atoms with van der Waals surface area (Å²) in [7, 11) is 6.93. The lowest BCUT2D eigenvalue weighted by Gasteiger charge is -2.11. The third-order valence-corrected chi connectivity index (χ3v) is 2.62. The summed E-state index contributed by atoms with van der Waals surface area (Å²) in [6, 6.07) is 1.75. The van der Waals surface area contributed by atoms with Gasteiger partial charge in [0.1, 0.15) is 23.5 Å². The highest BCUT2D eigenvalue weighted by atomic mass is 16.5. The number of aryl methyl sites for hydroxylation is 1. The Labute approximate surface area is 98.8 Å². The maximum absolute atomic E-state index is 11.6. The van der Waals surface area contributed by atoms with Crippen molar-refractivity contribution in [2.45, 2.75) is 0 Å². The molecule has 0 atom stereocenters. The van der Waals surface area contributed by atoms with Crippen LogP contribution in [0.1, 0.15) is 10.5 Å². The largest absolute Gasteiger partial charge is 0.464 e. The van der Waals surface area contributed by atoms with Gasteiger partial charge < -0.3 is 14.2 Å². The summed E-state index contributed by atoms with van der Waals surface area (Å²) in [4.78, 5) is 21.8. The lowest BCUT2D eigenvalue weighted by molar-refractivity contribution is 0.0590. The van der Waals surface area contributed by atoms with E-state index in [1.54, 1.807) is 17.7 Å². The van der Waals surface area contributed by atoms with E-state index in [2.05, 4.69) is 9.97 Å². The molecular weight excluding hydrogens is 220 g/mol. The highest BCUT2D eigenvalue weighted by molar-refractivity contribution is 5.98. The van der Waals surface area contributed by atoms with Crippen LogP contribution in [-0.4, -0.2) is 41.7 Å². The number of methoxy groups -OCH3 is 1. The Kier molecular flexibility index (Phi) is 2.71. The molecule has 0 saturated heterocycles. The number of ether oxygens (including phenoxy) is 1. The number of carbonyl (C=O) groups is 1. The molecule has 17 heavy (non-hydrogen) atoms. The van der Waals surface area contributed by atoms with E-state index in [1.807, 2.05) is 19.0 Å². The van der Waals surface area contributed by atoms with Crippen LogP contribution in [-0.2, 0) is 11.8 Å². The summed E-state index contributed by atoms with van der Waals surface area (Å²) in [5, 5.41) is 0.834. The number of hydrogen-bond donors (Lipinski definition) is 0. The van der Waals surface area contributed by atoms with Crippen molar-refractivity contribution in [3.63, 3.8) is 0 Å². The van der Waals surface area contributed by atoms with Crippen molar-refractivity contribution in [2.75, 3.05) is 26.1 Å². The van der Waals surface area contributed by atoms with Crippen molar-refractivity contribution in [1.82, 2.24) is 14.5 Å². The molecule has 0 spiro atoms. The van der Waals surface area contributed by atoms with E-state index < -0.39 is 0 Å². The first-order valence-corrected chi connectivity index (χ1v) is 5.12. The van der Waals surface area contributed by atoms with Crippen LogP contribution in [0.4, 0.5) is 5.82 Å². The monoisotopic (exact) mass is 234 g/mol. The lowest BCUT2D eigenvalue weighted by atomic mass is 10.3. The molecule has 90 valence electrons. The Bertz CT molecular complexity index is 574. The first-order chi connectivity index (χ1) is 8.06. The fourth-order valence-electron chi connectivity index (χ4n) is 1.78. The van der Waals surface area contributed by atoms with E-state index in [0.29, 0.717) is 11.3 Å². The standard InChI is InChI=1S/C11H14N4O2/c1-14(2)9-7-5-8(11(16)17-4)15(3)10(7)13-6-12-9/h5-6H,1-4H3. The molecular formula is C11H14N4O2. The van der Waals surface area contributed by atoms with Gasteiger partial charge in [0.25, 0.3) is 0 Å². The van der Waals surface area contributed by atoms with E-state index in [9.17, 15) is 4.79 Å². The summed E-state index contributed by atoms with van der Waals surface area (Å²) in [6.45, 7) is 0. The first kappa shape index (κ1) is 11.4. The molecule has 6 heteroatoms. The minimum atomic E-state index is -0.379. The molecule has 2 aromatic heterocycles. The van der Waals surface area contributed by atoms with Crippen LogP contribution in [0.2, 0.25) is 0 Å². The minimum Gasteiger partial charge on any atom is -0.464 e. The second kappa shape index (κ2) is 4.04. The fraction of sp³-hybridized carbons (Fsp3) is 0.364. The van der Waals surface area contributed by atoms with Gasteiger partial charge in [-0.3, -0.25) is 0 Å². The number of carbonyl (C=O) groups excluding carboxylic acids is 1.